The van der Waals surface area contributed by atoms with E-state index in [1.54, 1.807) is 36.5 Å². The number of hydrogen-bond acceptors (Lipinski definition) is 7. The number of benzene rings is 1. The van der Waals surface area contributed by atoms with Crippen LogP contribution in [-0.2, 0) is 6.18 Å². The highest BCUT2D eigenvalue weighted by molar-refractivity contribution is 7.21. The number of fused-ring (bicyclic) bond motifs is 2. The molecule has 0 atom stereocenters. The van der Waals surface area contributed by atoms with E-state index < -0.39 is 23.7 Å². The minimum absolute atomic E-state index is 0.0249. The van der Waals surface area contributed by atoms with E-state index in [1.165, 1.54) is 22.0 Å². The molecule has 0 fully saturated rings. The summed E-state index contributed by atoms with van der Waals surface area (Å²) in [6.45, 7) is 1.85. The molecule has 5 aromatic heterocycles. The Hall–Kier alpha value is -4.62. The van der Waals surface area contributed by atoms with Gasteiger partial charge in [0.2, 0.25) is 0 Å². The third-order valence-electron chi connectivity index (χ3n) is 6.20. The molecule has 0 radical (unpaired) electrons. The number of nitrogens with one attached hydrogen (secondary N) is 1. The van der Waals surface area contributed by atoms with Gasteiger partial charge in [-0.05, 0) is 41.6 Å². The fourth-order valence-corrected chi connectivity index (χ4v) is 6.08. The van der Waals surface area contributed by atoms with E-state index in [0.717, 1.165) is 22.2 Å². The van der Waals surface area contributed by atoms with Gasteiger partial charge in [-0.15, -0.1) is 22.7 Å². The lowest BCUT2D eigenvalue weighted by Gasteiger charge is -2.12. The van der Waals surface area contributed by atoms with Gasteiger partial charge < -0.3 is 11.1 Å². The number of rotatable bonds is 5. The molecule has 0 bridgehead atoms. The second-order valence-electron chi connectivity index (χ2n) is 8.82. The van der Waals surface area contributed by atoms with Crippen molar-refractivity contribution in [1.82, 2.24) is 19.6 Å². The largest absolute Gasteiger partial charge is 0.433 e. The molecule has 8 nitrogen and oxygen atoms in total. The molecule has 0 aliphatic rings. The number of primary amides is 1. The third kappa shape index (κ3) is 4.38. The second-order valence-corrected chi connectivity index (χ2v) is 10.8. The molecule has 0 saturated heterocycles. The number of carbonyl (C=O) groups excluding carboxylic acids is 2. The second kappa shape index (κ2) is 9.54. The number of carbonyl (C=O) groups is 2. The van der Waals surface area contributed by atoms with E-state index in [9.17, 15) is 22.8 Å². The first-order chi connectivity index (χ1) is 19.1. The van der Waals surface area contributed by atoms with Crippen molar-refractivity contribution in [3.63, 3.8) is 0 Å². The number of amides is 2. The van der Waals surface area contributed by atoms with Crippen LogP contribution in [0.5, 0.6) is 0 Å². The first-order valence-corrected chi connectivity index (χ1v) is 13.4. The molecule has 0 unspecified atom stereocenters. The number of alkyl halides is 3. The summed E-state index contributed by atoms with van der Waals surface area (Å²) in [6.07, 6.45) is -1.85. The van der Waals surface area contributed by atoms with E-state index >= 15 is 0 Å². The maximum Gasteiger partial charge on any atom is 0.433 e. The van der Waals surface area contributed by atoms with E-state index in [4.69, 9.17) is 5.73 Å². The number of nitrogens with zero attached hydrogens (tertiary/aromatic N) is 4. The fraction of sp³-hybridized carbons (Fsp3) is 0.0741. The highest BCUT2D eigenvalue weighted by atomic mass is 32.1. The van der Waals surface area contributed by atoms with Gasteiger partial charge in [0.15, 0.2) is 5.65 Å². The zero-order valence-electron chi connectivity index (χ0n) is 20.5. The number of halogens is 3. The SMILES string of the molecule is Cc1ccc(-c2cc(C(F)(F)F)nc3sc(C(N)=O)c(NC(=O)c4cnn5c(-c6cccs6)ccnc45)c23)cc1. The van der Waals surface area contributed by atoms with Crippen molar-refractivity contribution in [3.05, 3.63) is 88.0 Å². The Morgan fingerprint density at radius 1 is 1.10 bits per heavy atom. The fourth-order valence-electron chi connectivity index (χ4n) is 4.34. The van der Waals surface area contributed by atoms with Gasteiger partial charge in [-0.3, -0.25) is 9.59 Å². The Bertz CT molecular complexity index is 1930. The molecule has 0 saturated carbocycles. The third-order valence-corrected chi connectivity index (χ3v) is 8.19. The molecule has 5 heterocycles. The molecule has 0 aliphatic heterocycles. The molecule has 1 aromatic carbocycles. The maximum absolute atomic E-state index is 13.8. The van der Waals surface area contributed by atoms with Gasteiger partial charge >= 0.3 is 6.18 Å². The Morgan fingerprint density at radius 3 is 2.55 bits per heavy atom. The summed E-state index contributed by atoms with van der Waals surface area (Å²) in [7, 11) is 0. The van der Waals surface area contributed by atoms with Gasteiger partial charge in [-0.25, -0.2) is 14.5 Å². The highest BCUT2D eigenvalue weighted by Crippen LogP contribution is 2.44. The smallest absolute Gasteiger partial charge is 0.365 e. The van der Waals surface area contributed by atoms with Crippen molar-refractivity contribution in [1.29, 1.82) is 0 Å². The number of nitrogens with two attached hydrogens (primary N) is 1. The summed E-state index contributed by atoms with van der Waals surface area (Å²) in [5.74, 6) is -1.58. The van der Waals surface area contributed by atoms with Crippen LogP contribution in [0.3, 0.4) is 0 Å². The number of aromatic nitrogens is 4. The topological polar surface area (TPSA) is 115 Å². The number of aryl methyl sites for hydroxylation is 1. The predicted octanol–water partition coefficient (Wildman–Crippen LogP) is 6.41. The lowest BCUT2D eigenvalue weighted by Crippen LogP contribution is -2.17. The Balaban J connectivity index is 1.52. The van der Waals surface area contributed by atoms with E-state index in [-0.39, 0.29) is 37.6 Å². The van der Waals surface area contributed by atoms with Crippen molar-refractivity contribution in [2.24, 2.45) is 5.73 Å². The standard InChI is InChI=1S/C27H17F3N6O2S2/c1-13-4-6-14(7-5-13)15-11-19(27(28,29)30)34-26-20(15)21(22(40-26)23(31)37)35-25(38)16-12-33-36-17(8-9-32-24(16)36)18-3-2-10-39-18/h2-12H,1H3,(H2,31,37)(H,35,38). The molecule has 200 valence electrons. The first-order valence-electron chi connectivity index (χ1n) is 11.7. The summed E-state index contributed by atoms with van der Waals surface area (Å²) < 4.78 is 42.9. The molecule has 2 amide bonds. The van der Waals surface area contributed by atoms with Crippen molar-refractivity contribution in [2.75, 3.05) is 5.32 Å². The number of pyridine rings is 1. The molecule has 0 aliphatic carbocycles. The van der Waals surface area contributed by atoms with Gasteiger partial charge in [0.1, 0.15) is 21.0 Å². The monoisotopic (exact) mass is 578 g/mol. The van der Waals surface area contributed by atoms with Gasteiger partial charge in [-0.2, -0.15) is 18.3 Å². The van der Waals surface area contributed by atoms with Gasteiger partial charge in [0.25, 0.3) is 11.8 Å². The molecule has 40 heavy (non-hydrogen) atoms. The molecular weight excluding hydrogens is 561 g/mol. The summed E-state index contributed by atoms with van der Waals surface area (Å²) in [5, 5.41) is 9.12. The molecule has 6 aromatic rings. The average Bonchev–Trinajstić information content (AvgIpc) is 3.67. The quantitative estimate of drug-likeness (QED) is 0.245. The van der Waals surface area contributed by atoms with Crippen LogP contribution < -0.4 is 11.1 Å². The van der Waals surface area contributed by atoms with Crippen LogP contribution in [0.1, 0.15) is 31.3 Å². The van der Waals surface area contributed by atoms with Crippen LogP contribution in [-0.4, -0.2) is 31.4 Å². The van der Waals surface area contributed by atoms with Crippen molar-refractivity contribution < 1.29 is 22.8 Å². The average molecular weight is 579 g/mol. The highest BCUT2D eigenvalue weighted by Gasteiger charge is 2.35. The summed E-state index contributed by atoms with van der Waals surface area (Å²) in [6, 6.07) is 13.3. The Labute approximate surface area is 231 Å². The summed E-state index contributed by atoms with van der Waals surface area (Å²) >= 11 is 2.18. The first kappa shape index (κ1) is 25.6. The number of hydrogen-bond donors (Lipinski definition) is 2. The van der Waals surface area contributed by atoms with Crippen LogP contribution in [0.2, 0.25) is 0 Å². The predicted molar refractivity (Wildman–Crippen MR) is 148 cm³/mol. The molecular formula is C27H17F3N6O2S2. The van der Waals surface area contributed by atoms with Gasteiger partial charge in [0.05, 0.1) is 22.5 Å². The lowest BCUT2D eigenvalue weighted by atomic mass is 10.00. The van der Waals surface area contributed by atoms with Crippen LogP contribution in [0.25, 0.3) is 37.6 Å². The van der Waals surface area contributed by atoms with E-state index in [0.29, 0.717) is 16.9 Å². The molecule has 3 N–H and O–H groups in total. The lowest BCUT2D eigenvalue weighted by molar-refractivity contribution is -0.140. The minimum Gasteiger partial charge on any atom is -0.365 e. The zero-order chi connectivity index (χ0) is 28.2. The van der Waals surface area contributed by atoms with Crippen LogP contribution >= 0.6 is 22.7 Å². The Kier molecular flexibility index (Phi) is 6.11. The van der Waals surface area contributed by atoms with E-state index in [2.05, 4.69) is 20.4 Å². The van der Waals surface area contributed by atoms with Crippen molar-refractivity contribution in [2.45, 2.75) is 13.1 Å². The molecule has 13 heteroatoms. The molecule has 0 spiro atoms. The van der Waals surface area contributed by atoms with E-state index in [1.807, 2.05) is 24.4 Å². The summed E-state index contributed by atoms with van der Waals surface area (Å²) in [5.41, 5.74) is 7.06. The summed E-state index contributed by atoms with van der Waals surface area (Å²) in [4.78, 5) is 34.8. The minimum atomic E-state index is -4.74. The maximum atomic E-state index is 13.8. The normalized spacial score (nSPS) is 11.8. The van der Waals surface area contributed by atoms with Gasteiger partial charge in [0, 0.05) is 11.6 Å². The number of thiophene rings is 2. The Morgan fingerprint density at radius 2 is 1.88 bits per heavy atom. The number of anilines is 1. The van der Waals surface area contributed by atoms with Crippen molar-refractivity contribution >= 4 is 56.0 Å². The van der Waals surface area contributed by atoms with Crippen molar-refractivity contribution in [3.8, 4) is 21.7 Å². The van der Waals surface area contributed by atoms with Crippen LogP contribution in [0.4, 0.5) is 18.9 Å². The van der Waals surface area contributed by atoms with Gasteiger partial charge in [-0.1, -0.05) is 35.9 Å². The zero-order valence-corrected chi connectivity index (χ0v) is 22.1. The van der Waals surface area contributed by atoms with Crippen LogP contribution in [0.15, 0.2) is 66.3 Å². The molecule has 6 rings (SSSR count). The van der Waals surface area contributed by atoms with Crippen LogP contribution in [0, 0.1) is 6.92 Å².